The number of ether oxygens (including phenoxy) is 1. The average Bonchev–Trinajstić information content (AvgIpc) is 2.23. The predicted octanol–water partition coefficient (Wildman–Crippen LogP) is -0.109. The zero-order valence-electron chi connectivity index (χ0n) is 8.42. The van der Waals surface area contributed by atoms with Gasteiger partial charge in [0.25, 0.3) is 0 Å². The first-order valence-corrected chi connectivity index (χ1v) is 5.43. The molecule has 0 aliphatic carbocycles. The van der Waals surface area contributed by atoms with Crippen LogP contribution in [0.2, 0.25) is 0 Å². The second-order valence-electron chi connectivity index (χ2n) is 4.19. The lowest BCUT2D eigenvalue weighted by atomic mass is 9.93. The van der Waals surface area contributed by atoms with Gasteiger partial charge in [-0.1, -0.05) is 0 Å². The minimum Gasteiger partial charge on any atom is -0.367 e. The molecule has 2 fully saturated rings. The molecule has 2 rings (SSSR count). The van der Waals surface area contributed by atoms with Gasteiger partial charge < -0.3 is 15.4 Å². The topological polar surface area (TPSA) is 50.4 Å². The lowest BCUT2D eigenvalue weighted by Gasteiger charge is -2.29. The molecule has 4 heteroatoms. The molecule has 0 bridgehead atoms. The Kier molecular flexibility index (Phi) is 3.37. The van der Waals surface area contributed by atoms with E-state index >= 15 is 0 Å². The smallest absolute Gasteiger partial charge is 0.246 e. The molecule has 2 atom stereocenters. The fourth-order valence-corrected chi connectivity index (χ4v) is 2.18. The summed E-state index contributed by atoms with van der Waals surface area (Å²) >= 11 is 0. The summed E-state index contributed by atoms with van der Waals surface area (Å²) in [4.78, 5) is 10.9. The largest absolute Gasteiger partial charge is 0.367 e. The Balaban J connectivity index is 1.71. The number of amides is 1. The maximum atomic E-state index is 10.9. The predicted molar refractivity (Wildman–Crippen MR) is 53.0 cm³/mol. The molecule has 0 radical (unpaired) electrons. The minimum absolute atomic E-state index is 0.0167. The molecule has 0 aromatic rings. The van der Waals surface area contributed by atoms with Gasteiger partial charge in [-0.25, -0.2) is 0 Å². The van der Waals surface area contributed by atoms with Gasteiger partial charge in [0, 0.05) is 6.54 Å². The number of hydrogen-bond donors (Lipinski definition) is 2. The molecule has 1 amide bonds. The summed E-state index contributed by atoms with van der Waals surface area (Å²) in [6.07, 6.45) is 3.87. The first-order chi connectivity index (χ1) is 6.84. The third-order valence-electron chi connectivity index (χ3n) is 2.97. The molecule has 14 heavy (non-hydrogen) atoms. The average molecular weight is 198 g/mol. The molecule has 2 N–H and O–H groups in total. The number of nitrogens with one attached hydrogen (secondary N) is 2. The fourth-order valence-electron chi connectivity index (χ4n) is 2.18. The van der Waals surface area contributed by atoms with Crippen LogP contribution < -0.4 is 10.6 Å². The van der Waals surface area contributed by atoms with E-state index in [0.717, 1.165) is 25.4 Å². The van der Waals surface area contributed by atoms with Gasteiger partial charge in [-0.3, -0.25) is 4.79 Å². The zero-order chi connectivity index (χ0) is 9.80. The van der Waals surface area contributed by atoms with Crippen LogP contribution >= 0.6 is 0 Å². The Hall–Kier alpha value is -0.610. The van der Waals surface area contributed by atoms with Crippen LogP contribution in [-0.2, 0) is 9.53 Å². The molecule has 2 unspecified atom stereocenters. The van der Waals surface area contributed by atoms with Crippen molar-refractivity contribution in [1.29, 1.82) is 0 Å². The van der Waals surface area contributed by atoms with E-state index in [1.165, 1.54) is 12.8 Å². The molecule has 80 valence electrons. The van der Waals surface area contributed by atoms with Crippen LogP contribution in [0.3, 0.4) is 0 Å². The van der Waals surface area contributed by atoms with E-state index in [4.69, 9.17) is 4.74 Å². The van der Waals surface area contributed by atoms with Crippen LogP contribution in [-0.4, -0.2) is 38.3 Å². The standard InChI is InChI=1S/C10H18N2O2/c13-10-7-14-9(6-12-10)4-8-2-1-3-11-5-8/h8-9,11H,1-7H2,(H,12,13). The first-order valence-electron chi connectivity index (χ1n) is 5.43. The highest BCUT2D eigenvalue weighted by molar-refractivity contribution is 5.77. The van der Waals surface area contributed by atoms with Crippen LogP contribution in [0.25, 0.3) is 0 Å². The van der Waals surface area contributed by atoms with E-state index in [2.05, 4.69) is 10.6 Å². The second kappa shape index (κ2) is 4.75. The highest BCUT2D eigenvalue weighted by Gasteiger charge is 2.23. The summed E-state index contributed by atoms with van der Waals surface area (Å²) in [7, 11) is 0. The molecule has 0 spiro atoms. The Morgan fingerprint density at radius 1 is 1.43 bits per heavy atom. The first kappa shape index (κ1) is 9.93. The van der Waals surface area contributed by atoms with Crippen molar-refractivity contribution in [1.82, 2.24) is 10.6 Å². The molecular formula is C10H18N2O2. The summed E-state index contributed by atoms with van der Waals surface area (Å²) in [6, 6.07) is 0. The Bertz CT molecular complexity index is 192. The van der Waals surface area contributed by atoms with Gasteiger partial charge in [-0.15, -0.1) is 0 Å². The van der Waals surface area contributed by atoms with Crippen LogP contribution in [0.5, 0.6) is 0 Å². The SMILES string of the molecule is O=C1COC(CC2CCCNC2)CN1. The normalized spacial score (nSPS) is 33.9. The van der Waals surface area contributed by atoms with Crippen molar-refractivity contribution in [2.24, 2.45) is 5.92 Å². The quantitative estimate of drug-likeness (QED) is 0.651. The molecule has 2 saturated heterocycles. The van der Waals surface area contributed by atoms with Gasteiger partial charge in [0.05, 0.1) is 6.10 Å². The van der Waals surface area contributed by atoms with Gasteiger partial charge in [0.2, 0.25) is 5.91 Å². The molecule has 0 saturated carbocycles. The Morgan fingerprint density at radius 2 is 2.36 bits per heavy atom. The molecular weight excluding hydrogens is 180 g/mol. The molecule has 2 aliphatic heterocycles. The fraction of sp³-hybridized carbons (Fsp3) is 0.900. The van der Waals surface area contributed by atoms with E-state index in [1.807, 2.05) is 0 Å². The maximum Gasteiger partial charge on any atom is 0.246 e. The maximum absolute atomic E-state index is 10.9. The van der Waals surface area contributed by atoms with Crippen LogP contribution in [0.4, 0.5) is 0 Å². The van der Waals surface area contributed by atoms with Crippen LogP contribution in [0.1, 0.15) is 19.3 Å². The number of piperidine rings is 1. The van der Waals surface area contributed by atoms with E-state index in [-0.39, 0.29) is 18.6 Å². The molecule has 0 aromatic heterocycles. The van der Waals surface area contributed by atoms with Crippen molar-refractivity contribution >= 4 is 5.91 Å². The third-order valence-corrected chi connectivity index (χ3v) is 2.97. The summed E-state index contributed by atoms with van der Waals surface area (Å²) in [5.41, 5.74) is 0. The molecule has 4 nitrogen and oxygen atoms in total. The van der Waals surface area contributed by atoms with Gasteiger partial charge in [0.15, 0.2) is 0 Å². The van der Waals surface area contributed by atoms with Gasteiger partial charge in [-0.2, -0.15) is 0 Å². The summed E-state index contributed by atoms with van der Waals surface area (Å²) in [5.74, 6) is 0.742. The van der Waals surface area contributed by atoms with Crippen LogP contribution in [0.15, 0.2) is 0 Å². The Morgan fingerprint density at radius 3 is 3.00 bits per heavy atom. The lowest BCUT2D eigenvalue weighted by molar-refractivity contribution is -0.133. The summed E-state index contributed by atoms with van der Waals surface area (Å²) in [6.45, 7) is 3.19. The van der Waals surface area contributed by atoms with Crippen LogP contribution in [0, 0.1) is 5.92 Å². The number of rotatable bonds is 2. The van der Waals surface area contributed by atoms with E-state index in [9.17, 15) is 4.79 Å². The van der Waals surface area contributed by atoms with Crippen molar-refractivity contribution in [3.05, 3.63) is 0 Å². The highest BCUT2D eigenvalue weighted by Crippen LogP contribution is 2.18. The van der Waals surface area contributed by atoms with Gasteiger partial charge >= 0.3 is 0 Å². The number of hydrogen-bond acceptors (Lipinski definition) is 3. The molecule has 2 heterocycles. The second-order valence-corrected chi connectivity index (χ2v) is 4.19. The molecule has 2 aliphatic rings. The van der Waals surface area contributed by atoms with Gasteiger partial charge in [-0.05, 0) is 38.3 Å². The monoisotopic (exact) mass is 198 g/mol. The van der Waals surface area contributed by atoms with E-state index in [1.54, 1.807) is 0 Å². The van der Waals surface area contributed by atoms with E-state index < -0.39 is 0 Å². The molecule has 0 aromatic carbocycles. The zero-order valence-corrected chi connectivity index (χ0v) is 8.42. The van der Waals surface area contributed by atoms with Gasteiger partial charge in [0.1, 0.15) is 6.61 Å². The van der Waals surface area contributed by atoms with Crippen molar-refractivity contribution < 1.29 is 9.53 Å². The van der Waals surface area contributed by atoms with E-state index in [0.29, 0.717) is 6.54 Å². The van der Waals surface area contributed by atoms with Crippen molar-refractivity contribution in [2.75, 3.05) is 26.2 Å². The Labute approximate surface area is 84.4 Å². The summed E-state index contributed by atoms with van der Waals surface area (Å²) in [5, 5.41) is 6.23. The van der Waals surface area contributed by atoms with Crippen molar-refractivity contribution in [3.8, 4) is 0 Å². The van der Waals surface area contributed by atoms with Crippen molar-refractivity contribution in [2.45, 2.75) is 25.4 Å². The number of carbonyl (C=O) groups is 1. The number of carbonyl (C=O) groups excluding carboxylic acids is 1. The minimum atomic E-state index is 0.0167. The lowest BCUT2D eigenvalue weighted by Crippen LogP contribution is -2.44. The number of morpholine rings is 1. The third kappa shape index (κ3) is 2.69. The highest BCUT2D eigenvalue weighted by atomic mass is 16.5. The van der Waals surface area contributed by atoms with Crippen molar-refractivity contribution in [3.63, 3.8) is 0 Å². The summed E-state index contributed by atoms with van der Waals surface area (Å²) < 4.78 is 5.45.